The predicted molar refractivity (Wildman–Crippen MR) is 67.7 cm³/mol. The smallest absolute Gasteiger partial charge is 0.267 e. The summed E-state index contributed by atoms with van der Waals surface area (Å²) in [6.07, 6.45) is 2.72. The third kappa shape index (κ3) is 2.54. The van der Waals surface area contributed by atoms with Crippen LogP contribution in [0.2, 0.25) is 5.15 Å². The molecule has 0 aliphatic rings. The lowest BCUT2D eigenvalue weighted by atomic mass is 10.4. The number of aryl methyl sites for hydroxylation is 1. The zero-order chi connectivity index (χ0) is 13.3. The number of nitrogens with one attached hydrogen (secondary N) is 1. The third-order valence-corrected chi connectivity index (χ3v) is 3.70. The molecule has 2 aromatic heterocycles. The van der Waals surface area contributed by atoms with Crippen LogP contribution >= 0.6 is 11.6 Å². The van der Waals surface area contributed by atoms with E-state index >= 15 is 0 Å². The van der Waals surface area contributed by atoms with E-state index in [2.05, 4.69) is 14.8 Å². The lowest BCUT2D eigenvalue weighted by molar-refractivity contribution is 0.601. The predicted octanol–water partition coefficient (Wildman–Crippen LogP) is 0.852. The number of rotatable bonds is 3. The van der Waals surface area contributed by atoms with Gasteiger partial charge in [0.05, 0.1) is 5.69 Å². The van der Waals surface area contributed by atoms with E-state index in [0.717, 1.165) is 0 Å². The molecule has 0 saturated carbocycles. The van der Waals surface area contributed by atoms with Gasteiger partial charge in [0.1, 0.15) is 10.0 Å². The van der Waals surface area contributed by atoms with Crippen molar-refractivity contribution in [2.75, 3.05) is 10.5 Å². The van der Waals surface area contributed by atoms with Crippen LogP contribution in [0.1, 0.15) is 0 Å². The second kappa shape index (κ2) is 4.46. The van der Waals surface area contributed by atoms with Crippen molar-refractivity contribution in [3.8, 4) is 0 Å². The van der Waals surface area contributed by atoms with Crippen LogP contribution in [-0.4, -0.2) is 23.2 Å². The molecule has 0 unspecified atom stereocenters. The number of anilines is 2. The molecule has 0 spiro atoms. The van der Waals surface area contributed by atoms with Gasteiger partial charge in [-0.2, -0.15) is 5.10 Å². The number of hydrogen-bond acceptors (Lipinski definition) is 5. The number of hydrogen-bond donors (Lipinski definition) is 2. The number of halogens is 1. The van der Waals surface area contributed by atoms with E-state index in [-0.39, 0.29) is 15.9 Å². The van der Waals surface area contributed by atoms with Gasteiger partial charge in [-0.25, -0.2) is 13.4 Å². The molecule has 0 radical (unpaired) electrons. The molecule has 0 amide bonds. The normalized spacial score (nSPS) is 11.4. The number of nitrogens with two attached hydrogens (primary N) is 1. The SMILES string of the molecule is Cn1cc(S(=O)(=O)Nc2ccnc(Cl)c2)c(N)n1. The van der Waals surface area contributed by atoms with E-state index in [9.17, 15) is 8.42 Å². The fraction of sp³-hybridized carbons (Fsp3) is 0.111. The Labute approximate surface area is 109 Å². The maximum atomic E-state index is 12.0. The van der Waals surface area contributed by atoms with E-state index in [0.29, 0.717) is 5.69 Å². The average molecular weight is 288 g/mol. The Bertz CT molecular complexity index is 682. The highest BCUT2D eigenvalue weighted by Gasteiger charge is 2.20. The summed E-state index contributed by atoms with van der Waals surface area (Å²) in [5.41, 5.74) is 5.83. The first-order valence-corrected chi connectivity index (χ1v) is 6.68. The van der Waals surface area contributed by atoms with Gasteiger partial charge in [-0.05, 0) is 12.1 Å². The minimum atomic E-state index is -3.78. The maximum absolute atomic E-state index is 12.0. The Kier molecular flexibility index (Phi) is 3.14. The molecule has 9 heteroatoms. The van der Waals surface area contributed by atoms with Crippen molar-refractivity contribution in [2.45, 2.75) is 4.90 Å². The molecule has 0 aliphatic heterocycles. The summed E-state index contributed by atoms with van der Waals surface area (Å²) in [5.74, 6) is -0.0647. The zero-order valence-electron chi connectivity index (χ0n) is 9.33. The van der Waals surface area contributed by atoms with Crippen molar-refractivity contribution in [2.24, 2.45) is 7.05 Å². The maximum Gasteiger partial charge on any atom is 0.267 e. The molecule has 0 fully saturated rings. The molecular formula is C9H10ClN5O2S. The summed E-state index contributed by atoms with van der Waals surface area (Å²) in [6, 6.07) is 2.88. The van der Waals surface area contributed by atoms with Crippen LogP contribution in [0.3, 0.4) is 0 Å². The molecule has 7 nitrogen and oxygen atoms in total. The minimum Gasteiger partial charge on any atom is -0.381 e. The topological polar surface area (TPSA) is 103 Å². The van der Waals surface area contributed by atoms with Gasteiger partial charge in [-0.3, -0.25) is 9.40 Å². The van der Waals surface area contributed by atoms with Crippen molar-refractivity contribution in [3.63, 3.8) is 0 Å². The lowest BCUT2D eigenvalue weighted by Gasteiger charge is -2.06. The molecule has 0 bridgehead atoms. The molecule has 18 heavy (non-hydrogen) atoms. The van der Waals surface area contributed by atoms with Gasteiger partial charge >= 0.3 is 0 Å². The molecule has 2 rings (SSSR count). The Morgan fingerprint density at radius 1 is 1.50 bits per heavy atom. The summed E-state index contributed by atoms with van der Waals surface area (Å²) in [5, 5.41) is 3.96. The Morgan fingerprint density at radius 2 is 2.22 bits per heavy atom. The van der Waals surface area contributed by atoms with Crippen LogP contribution in [0.4, 0.5) is 11.5 Å². The lowest BCUT2D eigenvalue weighted by Crippen LogP contribution is -2.13. The zero-order valence-corrected chi connectivity index (χ0v) is 10.9. The number of sulfonamides is 1. The van der Waals surface area contributed by atoms with E-state index in [1.165, 1.54) is 29.2 Å². The summed E-state index contributed by atoms with van der Waals surface area (Å²) in [4.78, 5) is 3.67. The quantitative estimate of drug-likeness (QED) is 0.815. The van der Waals surface area contributed by atoms with E-state index in [1.807, 2.05) is 0 Å². The fourth-order valence-corrected chi connectivity index (χ4v) is 2.70. The Balaban J connectivity index is 2.36. The standard InChI is InChI=1S/C9H10ClN5O2S/c1-15-5-7(9(11)13-15)18(16,17)14-6-2-3-12-8(10)4-6/h2-5H,1H3,(H2,11,13)(H,12,14). The Hall–Kier alpha value is -1.80. The second-order valence-electron chi connectivity index (χ2n) is 3.52. The van der Waals surface area contributed by atoms with Crippen LogP contribution in [0.5, 0.6) is 0 Å². The third-order valence-electron chi connectivity index (χ3n) is 2.09. The monoisotopic (exact) mass is 287 g/mol. The second-order valence-corrected chi connectivity index (χ2v) is 5.56. The molecular weight excluding hydrogens is 278 g/mol. The van der Waals surface area contributed by atoms with Crippen molar-refractivity contribution in [1.82, 2.24) is 14.8 Å². The average Bonchev–Trinajstić information content (AvgIpc) is 2.58. The van der Waals surface area contributed by atoms with Crippen LogP contribution < -0.4 is 10.5 Å². The highest BCUT2D eigenvalue weighted by Crippen LogP contribution is 2.20. The molecule has 3 N–H and O–H groups in total. The first-order valence-electron chi connectivity index (χ1n) is 4.82. The van der Waals surface area contributed by atoms with Crippen molar-refractivity contribution < 1.29 is 8.42 Å². The first kappa shape index (κ1) is 12.7. The number of nitrogen functional groups attached to an aromatic ring is 1. The van der Waals surface area contributed by atoms with Gasteiger partial charge in [0.15, 0.2) is 5.82 Å². The Morgan fingerprint density at radius 3 is 2.78 bits per heavy atom. The van der Waals surface area contributed by atoms with Crippen molar-refractivity contribution in [1.29, 1.82) is 0 Å². The number of pyridine rings is 1. The van der Waals surface area contributed by atoms with Gasteiger partial charge in [0, 0.05) is 19.4 Å². The van der Waals surface area contributed by atoms with E-state index in [4.69, 9.17) is 17.3 Å². The number of aromatic nitrogens is 3. The summed E-state index contributed by atoms with van der Waals surface area (Å²) in [7, 11) is -2.20. The molecule has 0 atom stereocenters. The van der Waals surface area contributed by atoms with E-state index < -0.39 is 10.0 Å². The summed E-state index contributed by atoms with van der Waals surface area (Å²) >= 11 is 5.67. The largest absolute Gasteiger partial charge is 0.381 e. The van der Waals surface area contributed by atoms with Crippen molar-refractivity contribution in [3.05, 3.63) is 29.7 Å². The first-order chi connectivity index (χ1) is 8.38. The van der Waals surface area contributed by atoms with Crippen LogP contribution in [0.15, 0.2) is 29.4 Å². The highest BCUT2D eigenvalue weighted by atomic mass is 35.5. The van der Waals surface area contributed by atoms with Crippen LogP contribution in [-0.2, 0) is 17.1 Å². The molecule has 2 aromatic rings. The van der Waals surface area contributed by atoms with Gasteiger partial charge in [-0.1, -0.05) is 11.6 Å². The molecule has 2 heterocycles. The fourth-order valence-electron chi connectivity index (χ4n) is 1.37. The highest BCUT2D eigenvalue weighted by molar-refractivity contribution is 7.92. The van der Waals surface area contributed by atoms with Crippen molar-refractivity contribution >= 4 is 33.1 Å². The van der Waals surface area contributed by atoms with E-state index in [1.54, 1.807) is 7.05 Å². The van der Waals surface area contributed by atoms with Gasteiger partial charge in [0.25, 0.3) is 10.0 Å². The van der Waals surface area contributed by atoms with Gasteiger partial charge in [-0.15, -0.1) is 0 Å². The van der Waals surface area contributed by atoms with Crippen LogP contribution in [0, 0.1) is 0 Å². The molecule has 0 aliphatic carbocycles. The number of nitrogens with zero attached hydrogens (tertiary/aromatic N) is 3. The van der Waals surface area contributed by atoms with Gasteiger partial charge in [0.2, 0.25) is 0 Å². The summed E-state index contributed by atoms with van der Waals surface area (Å²) < 4.78 is 27.7. The van der Waals surface area contributed by atoms with Crippen LogP contribution in [0.25, 0.3) is 0 Å². The molecule has 0 saturated heterocycles. The minimum absolute atomic E-state index is 0.0647. The molecule has 96 valence electrons. The van der Waals surface area contributed by atoms with Gasteiger partial charge < -0.3 is 5.73 Å². The summed E-state index contributed by atoms with van der Waals surface area (Å²) in [6.45, 7) is 0. The molecule has 0 aromatic carbocycles.